The smallest absolute Gasteiger partial charge is 0.239 e. The van der Waals surface area contributed by atoms with Gasteiger partial charge < -0.3 is 10.2 Å². The van der Waals surface area contributed by atoms with Crippen molar-refractivity contribution in [1.29, 1.82) is 0 Å². The molecule has 0 aromatic heterocycles. The van der Waals surface area contributed by atoms with Gasteiger partial charge >= 0.3 is 0 Å². The fourth-order valence-electron chi connectivity index (χ4n) is 1.55. The Labute approximate surface area is 81.5 Å². The van der Waals surface area contributed by atoms with E-state index in [9.17, 15) is 9.18 Å². The Morgan fingerprint density at radius 3 is 2.86 bits per heavy atom. The summed E-state index contributed by atoms with van der Waals surface area (Å²) in [5.74, 6) is -0.332. The first-order chi connectivity index (χ1) is 6.77. The lowest BCUT2D eigenvalue weighted by atomic mass is 10.2. The van der Waals surface area contributed by atoms with Gasteiger partial charge in [0, 0.05) is 13.1 Å². The summed E-state index contributed by atoms with van der Waals surface area (Å²) in [6.07, 6.45) is 0. The molecule has 0 aliphatic carbocycles. The van der Waals surface area contributed by atoms with Crippen LogP contribution in [0, 0.1) is 5.82 Å². The number of hydrogen-bond donors (Lipinski definition) is 1. The standard InChI is InChI=1S/C10H11FN2O/c11-8-3-1-2-4-9(8)13-6-5-12-10(14)7-13/h1-4H,5-7H2,(H,12,14). The van der Waals surface area contributed by atoms with Crippen molar-refractivity contribution in [2.75, 3.05) is 24.5 Å². The zero-order chi connectivity index (χ0) is 9.97. The Morgan fingerprint density at radius 1 is 1.36 bits per heavy atom. The summed E-state index contributed by atoms with van der Waals surface area (Å²) in [6.45, 7) is 1.47. The Bertz CT molecular complexity index is 354. The van der Waals surface area contributed by atoms with Crippen LogP contribution in [0.15, 0.2) is 24.3 Å². The van der Waals surface area contributed by atoms with Crippen molar-refractivity contribution in [3.63, 3.8) is 0 Å². The molecule has 74 valence electrons. The van der Waals surface area contributed by atoms with Crippen LogP contribution < -0.4 is 10.2 Å². The van der Waals surface area contributed by atoms with Gasteiger partial charge in [-0.15, -0.1) is 0 Å². The molecule has 1 aliphatic heterocycles. The molecule has 0 saturated carbocycles. The summed E-state index contributed by atoms with van der Waals surface area (Å²) < 4.78 is 13.3. The van der Waals surface area contributed by atoms with E-state index in [0.717, 1.165) is 0 Å². The Kier molecular flexibility index (Phi) is 2.35. The number of benzene rings is 1. The van der Waals surface area contributed by atoms with Gasteiger partial charge in [0.2, 0.25) is 5.91 Å². The number of nitrogens with zero attached hydrogens (tertiary/aromatic N) is 1. The van der Waals surface area contributed by atoms with E-state index in [4.69, 9.17) is 0 Å². The van der Waals surface area contributed by atoms with Gasteiger partial charge in [0.25, 0.3) is 0 Å². The number of piperazine rings is 1. The van der Waals surface area contributed by atoms with Crippen LogP contribution in [0.1, 0.15) is 0 Å². The average Bonchev–Trinajstić information content (AvgIpc) is 2.18. The molecule has 0 atom stereocenters. The molecule has 0 radical (unpaired) electrons. The van der Waals surface area contributed by atoms with Crippen LogP contribution in [-0.2, 0) is 4.79 Å². The molecule has 0 bridgehead atoms. The lowest BCUT2D eigenvalue weighted by Gasteiger charge is -2.28. The Morgan fingerprint density at radius 2 is 2.14 bits per heavy atom. The molecule has 1 amide bonds. The molecule has 1 aliphatic rings. The lowest BCUT2D eigenvalue weighted by molar-refractivity contribution is -0.120. The van der Waals surface area contributed by atoms with E-state index in [1.165, 1.54) is 6.07 Å². The van der Waals surface area contributed by atoms with Crippen LogP contribution in [0.4, 0.5) is 10.1 Å². The molecule has 1 aromatic rings. The molecular weight excluding hydrogens is 183 g/mol. The first kappa shape index (κ1) is 8.99. The zero-order valence-corrected chi connectivity index (χ0v) is 7.66. The van der Waals surface area contributed by atoms with Crippen molar-refractivity contribution in [2.45, 2.75) is 0 Å². The largest absolute Gasteiger partial charge is 0.358 e. The third kappa shape index (κ3) is 1.69. The van der Waals surface area contributed by atoms with Crippen LogP contribution in [0.2, 0.25) is 0 Å². The SMILES string of the molecule is O=C1CN(c2ccccc2F)CCN1. The van der Waals surface area contributed by atoms with Crippen molar-refractivity contribution in [3.8, 4) is 0 Å². The molecule has 3 nitrogen and oxygen atoms in total. The molecule has 1 heterocycles. The molecule has 1 N–H and O–H groups in total. The summed E-state index contributed by atoms with van der Waals surface area (Å²) in [5.41, 5.74) is 0.502. The van der Waals surface area contributed by atoms with E-state index >= 15 is 0 Å². The number of nitrogens with one attached hydrogen (secondary N) is 1. The number of amides is 1. The van der Waals surface area contributed by atoms with Crippen molar-refractivity contribution < 1.29 is 9.18 Å². The van der Waals surface area contributed by atoms with Crippen molar-refractivity contribution in [2.24, 2.45) is 0 Å². The van der Waals surface area contributed by atoms with Crippen LogP contribution in [0.25, 0.3) is 0 Å². The maximum atomic E-state index is 13.3. The molecular formula is C10H11FN2O. The number of hydrogen-bond acceptors (Lipinski definition) is 2. The predicted octanol–water partition coefficient (Wildman–Crippen LogP) is 0.762. The van der Waals surface area contributed by atoms with Gasteiger partial charge in [-0.25, -0.2) is 4.39 Å². The molecule has 14 heavy (non-hydrogen) atoms. The van der Waals surface area contributed by atoms with Gasteiger partial charge in [-0.3, -0.25) is 4.79 Å². The monoisotopic (exact) mass is 194 g/mol. The number of halogens is 1. The Balaban J connectivity index is 2.22. The Hall–Kier alpha value is -1.58. The quantitative estimate of drug-likeness (QED) is 0.716. The van der Waals surface area contributed by atoms with Crippen LogP contribution in [0.3, 0.4) is 0 Å². The van der Waals surface area contributed by atoms with Crippen molar-refractivity contribution >= 4 is 11.6 Å². The lowest BCUT2D eigenvalue weighted by Crippen LogP contribution is -2.48. The fraction of sp³-hybridized carbons (Fsp3) is 0.300. The predicted molar refractivity (Wildman–Crippen MR) is 51.6 cm³/mol. The highest BCUT2D eigenvalue weighted by molar-refractivity contribution is 5.82. The topological polar surface area (TPSA) is 32.3 Å². The van der Waals surface area contributed by atoms with E-state index in [1.54, 1.807) is 23.1 Å². The summed E-state index contributed by atoms with van der Waals surface area (Å²) in [4.78, 5) is 12.8. The number of carbonyl (C=O) groups is 1. The van der Waals surface area contributed by atoms with E-state index in [-0.39, 0.29) is 18.3 Å². The van der Waals surface area contributed by atoms with Crippen molar-refractivity contribution in [1.82, 2.24) is 5.32 Å². The molecule has 2 rings (SSSR count). The van der Waals surface area contributed by atoms with Crippen LogP contribution in [0.5, 0.6) is 0 Å². The molecule has 1 saturated heterocycles. The average molecular weight is 194 g/mol. The second kappa shape index (κ2) is 3.65. The number of rotatable bonds is 1. The normalized spacial score (nSPS) is 16.6. The van der Waals surface area contributed by atoms with Crippen molar-refractivity contribution in [3.05, 3.63) is 30.1 Å². The molecule has 1 fully saturated rings. The minimum absolute atomic E-state index is 0.0560. The molecule has 0 unspecified atom stereocenters. The number of para-hydroxylation sites is 1. The highest BCUT2D eigenvalue weighted by atomic mass is 19.1. The zero-order valence-electron chi connectivity index (χ0n) is 7.66. The fourth-order valence-corrected chi connectivity index (χ4v) is 1.55. The van der Waals surface area contributed by atoms with E-state index in [2.05, 4.69) is 5.32 Å². The minimum Gasteiger partial charge on any atom is -0.358 e. The first-order valence-electron chi connectivity index (χ1n) is 4.53. The molecule has 4 heteroatoms. The van der Waals surface area contributed by atoms with Gasteiger partial charge in [-0.1, -0.05) is 12.1 Å². The minimum atomic E-state index is -0.276. The first-order valence-corrected chi connectivity index (χ1v) is 4.53. The van der Waals surface area contributed by atoms with E-state index < -0.39 is 0 Å². The van der Waals surface area contributed by atoms with Crippen LogP contribution >= 0.6 is 0 Å². The second-order valence-electron chi connectivity index (χ2n) is 3.22. The third-order valence-corrected chi connectivity index (χ3v) is 2.23. The highest BCUT2D eigenvalue weighted by Gasteiger charge is 2.18. The summed E-state index contributed by atoms with van der Waals surface area (Å²) >= 11 is 0. The van der Waals surface area contributed by atoms with Gasteiger partial charge in [-0.2, -0.15) is 0 Å². The molecule has 0 spiro atoms. The summed E-state index contributed by atoms with van der Waals surface area (Å²) in [7, 11) is 0. The maximum Gasteiger partial charge on any atom is 0.239 e. The third-order valence-electron chi connectivity index (χ3n) is 2.23. The van der Waals surface area contributed by atoms with E-state index in [0.29, 0.717) is 18.8 Å². The number of anilines is 1. The van der Waals surface area contributed by atoms with Gasteiger partial charge in [-0.05, 0) is 12.1 Å². The number of carbonyl (C=O) groups excluding carboxylic acids is 1. The maximum absolute atomic E-state index is 13.3. The second-order valence-corrected chi connectivity index (χ2v) is 3.22. The van der Waals surface area contributed by atoms with Gasteiger partial charge in [0.15, 0.2) is 0 Å². The summed E-state index contributed by atoms with van der Waals surface area (Å²) in [6, 6.07) is 6.50. The molecule has 1 aromatic carbocycles. The van der Waals surface area contributed by atoms with Gasteiger partial charge in [0.05, 0.1) is 12.2 Å². The summed E-state index contributed by atoms with van der Waals surface area (Å²) in [5, 5.41) is 2.70. The van der Waals surface area contributed by atoms with E-state index in [1.807, 2.05) is 0 Å². The highest BCUT2D eigenvalue weighted by Crippen LogP contribution is 2.18. The van der Waals surface area contributed by atoms with Gasteiger partial charge in [0.1, 0.15) is 5.82 Å². The van der Waals surface area contributed by atoms with Crippen LogP contribution in [-0.4, -0.2) is 25.5 Å².